The van der Waals surface area contributed by atoms with Crippen LogP contribution in [-0.4, -0.2) is 59.1 Å². The topological polar surface area (TPSA) is 116 Å². The van der Waals surface area contributed by atoms with E-state index in [0.29, 0.717) is 48.1 Å². The zero-order chi connectivity index (χ0) is 20.0. The van der Waals surface area contributed by atoms with Crippen LogP contribution in [0.1, 0.15) is 27.2 Å². The standard InChI is InChI=1S/C18H27N5O4/c1-18(2,3)27-17(24)23(4)7-6-8-26-14-11-20-10-13(25-5)16(14)12-9-15(19)22-21-12/h9-11H,6-8H2,1-5H3,(H3,19,21,22). The van der Waals surface area contributed by atoms with Crippen molar-refractivity contribution >= 4 is 11.9 Å². The number of anilines is 1. The Bertz CT molecular complexity index is 769. The van der Waals surface area contributed by atoms with Crippen molar-refractivity contribution in [3.63, 3.8) is 0 Å². The molecule has 0 unspecified atom stereocenters. The van der Waals surface area contributed by atoms with Crippen LogP contribution in [0.25, 0.3) is 11.3 Å². The first kappa shape index (κ1) is 20.3. The minimum absolute atomic E-state index is 0.362. The third kappa shape index (κ3) is 5.77. The van der Waals surface area contributed by atoms with E-state index < -0.39 is 5.60 Å². The summed E-state index contributed by atoms with van der Waals surface area (Å²) in [6.07, 6.45) is 3.46. The number of aromatic nitrogens is 3. The lowest BCUT2D eigenvalue weighted by Crippen LogP contribution is -2.35. The van der Waals surface area contributed by atoms with Crippen LogP contribution in [0, 0.1) is 0 Å². The number of carbonyl (C=O) groups excluding carboxylic acids is 1. The number of nitrogens with zero attached hydrogens (tertiary/aromatic N) is 3. The number of carbonyl (C=O) groups is 1. The highest BCUT2D eigenvalue weighted by molar-refractivity contribution is 5.74. The van der Waals surface area contributed by atoms with Crippen molar-refractivity contribution in [3.05, 3.63) is 18.5 Å². The Balaban J connectivity index is 1.97. The summed E-state index contributed by atoms with van der Waals surface area (Å²) in [4.78, 5) is 17.6. The van der Waals surface area contributed by atoms with Gasteiger partial charge >= 0.3 is 6.09 Å². The SMILES string of the molecule is COc1cncc(OCCCN(C)C(=O)OC(C)(C)C)c1-c1cc(N)n[nH]1. The van der Waals surface area contributed by atoms with E-state index in [4.69, 9.17) is 19.9 Å². The Labute approximate surface area is 158 Å². The molecule has 3 N–H and O–H groups in total. The molecule has 9 nitrogen and oxygen atoms in total. The minimum atomic E-state index is -0.519. The van der Waals surface area contributed by atoms with Gasteiger partial charge in [-0.3, -0.25) is 10.1 Å². The van der Waals surface area contributed by atoms with E-state index >= 15 is 0 Å². The molecule has 0 atom stereocenters. The number of methoxy groups -OCH3 is 1. The highest BCUT2D eigenvalue weighted by Crippen LogP contribution is 2.36. The molecule has 0 aliphatic heterocycles. The van der Waals surface area contributed by atoms with Gasteiger partial charge in [0.1, 0.15) is 17.2 Å². The normalized spacial score (nSPS) is 11.1. The van der Waals surface area contributed by atoms with Crippen LogP contribution >= 0.6 is 0 Å². The molecular formula is C18H27N5O4. The van der Waals surface area contributed by atoms with Gasteiger partial charge < -0.3 is 24.8 Å². The quantitative estimate of drug-likeness (QED) is 0.713. The van der Waals surface area contributed by atoms with Crippen LogP contribution in [0.5, 0.6) is 11.5 Å². The van der Waals surface area contributed by atoms with Gasteiger partial charge in [0.25, 0.3) is 0 Å². The molecule has 2 heterocycles. The Morgan fingerprint density at radius 2 is 2.00 bits per heavy atom. The lowest BCUT2D eigenvalue weighted by Gasteiger charge is -2.24. The van der Waals surface area contributed by atoms with Crippen molar-refractivity contribution in [2.75, 3.05) is 33.0 Å². The summed E-state index contributed by atoms with van der Waals surface area (Å²) in [7, 11) is 3.25. The third-order valence-corrected chi connectivity index (χ3v) is 3.56. The summed E-state index contributed by atoms with van der Waals surface area (Å²) in [6.45, 7) is 6.39. The maximum atomic E-state index is 12.0. The van der Waals surface area contributed by atoms with Crippen molar-refractivity contribution in [2.24, 2.45) is 0 Å². The fraction of sp³-hybridized carbons (Fsp3) is 0.500. The van der Waals surface area contributed by atoms with Gasteiger partial charge in [-0.2, -0.15) is 5.10 Å². The van der Waals surface area contributed by atoms with Crippen molar-refractivity contribution in [2.45, 2.75) is 32.8 Å². The molecule has 0 aromatic carbocycles. The molecular weight excluding hydrogens is 350 g/mol. The first-order valence-corrected chi connectivity index (χ1v) is 8.61. The Kier molecular flexibility index (Phi) is 6.49. The Morgan fingerprint density at radius 3 is 2.59 bits per heavy atom. The minimum Gasteiger partial charge on any atom is -0.494 e. The zero-order valence-electron chi connectivity index (χ0n) is 16.4. The number of ether oxygens (including phenoxy) is 3. The van der Waals surface area contributed by atoms with Crippen molar-refractivity contribution in [1.29, 1.82) is 0 Å². The molecule has 2 aromatic heterocycles. The average Bonchev–Trinajstić information content (AvgIpc) is 3.02. The maximum Gasteiger partial charge on any atom is 0.410 e. The van der Waals surface area contributed by atoms with E-state index in [2.05, 4.69) is 15.2 Å². The number of nitrogen functional groups attached to an aromatic ring is 1. The molecule has 2 aromatic rings. The van der Waals surface area contributed by atoms with E-state index in [1.165, 1.54) is 4.90 Å². The molecule has 0 saturated carbocycles. The van der Waals surface area contributed by atoms with Gasteiger partial charge in [0.2, 0.25) is 0 Å². The number of hydrogen-bond donors (Lipinski definition) is 2. The average molecular weight is 377 g/mol. The molecule has 0 saturated heterocycles. The van der Waals surface area contributed by atoms with E-state index in [-0.39, 0.29) is 6.09 Å². The number of pyridine rings is 1. The van der Waals surface area contributed by atoms with Gasteiger partial charge in [0.05, 0.1) is 37.4 Å². The van der Waals surface area contributed by atoms with Gasteiger partial charge in [0.15, 0.2) is 5.75 Å². The molecule has 148 valence electrons. The monoisotopic (exact) mass is 377 g/mol. The number of nitrogens with one attached hydrogen (secondary N) is 1. The second-order valence-corrected chi connectivity index (χ2v) is 7.03. The molecule has 0 fully saturated rings. The fourth-order valence-corrected chi connectivity index (χ4v) is 2.33. The van der Waals surface area contributed by atoms with Gasteiger partial charge in [-0.05, 0) is 27.2 Å². The molecule has 9 heteroatoms. The molecule has 27 heavy (non-hydrogen) atoms. The van der Waals surface area contributed by atoms with Gasteiger partial charge in [-0.15, -0.1) is 0 Å². The summed E-state index contributed by atoms with van der Waals surface area (Å²) >= 11 is 0. The highest BCUT2D eigenvalue weighted by atomic mass is 16.6. The van der Waals surface area contributed by atoms with Gasteiger partial charge in [-0.1, -0.05) is 0 Å². The lowest BCUT2D eigenvalue weighted by atomic mass is 10.1. The fourth-order valence-electron chi connectivity index (χ4n) is 2.33. The van der Waals surface area contributed by atoms with Crippen LogP contribution in [0.4, 0.5) is 10.6 Å². The molecule has 0 aliphatic carbocycles. The van der Waals surface area contributed by atoms with Crippen molar-refractivity contribution < 1.29 is 19.0 Å². The molecule has 0 bridgehead atoms. The summed E-state index contributed by atoms with van der Waals surface area (Å²) < 4.78 is 16.6. The van der Waals surface area contributed by atoms with Crippen LogP contribution in [-0.2, 0) is 4.74 Å². The largest absolute Gasteiger partial charge is 0.494 e. The highest BCUT2D eigenvalue weighted by Gasteiger charge is 2.19. The lowest BCUT2D eigenvalue weighted by molar-refractivity contribution is 0.0292. The predicted molar refractivity (Wildman–Crippen MR) is 102 cm³/mol. The molecule has 1 amide bonds. The molecule has 0 radical (unpaired) electrons. The van der Waals surface area contributed by atoms with Crippen LogP contribution in [0.15, 0.2) is 18.5 Å². The zero-order valence-corrected chi connectivity index (χ0v) is 16.4. The predicted octanol–water partition coefficient (Wildman–Crippen LogP) is 2.70. The maximum absolute atomic E-state index is 12.0. The number of hydrogen-bond acceptors (Lipinski definition) is 7. The van der Waals surface area contributed by atoms with Crippen LogP contribution in [0.3, 0.4) is 0 Å². The molecule has 2 rings (SSSR count). The second kappa shape index (κ2) is 8.61. The molecule has 0 aliphatic rings. The van der Waals surface area contributed by atoms with Gasteiger partial charge in [-0.25, -0.2) is 4.79 Å². The molecule has 0 spiro atoms. The second-order valence-electron chi connectivity index (χ2n) is 7.03. The third-order valence-electron chi connectivity index (χ3n) is 3.56. The summed E-state index contributed by atoms with van der Waals surface area (Å²) in [6, 6.07) is 1.70. The van der Waals surface area contributed by atoms with Gasteiger partial charge in [0, 0.05) is 19.7 Å². The number of H-pyrrole nitrogens is 1. The summed E-state index contributed by atoms with van der Waals surface area (Å²) in [5.41, 5.74) is 6.54. The van der Waals surface area contributed by atoms with E-state index in [1.807, 2.05) is 20.8 Å². The number of nitrogens with two attached hydrogens (primary N) is 1. The Hall–Kier alpha value is -2.97. The van der Waals surface area contributed by atoms with E-state index in [9.17, 15) is 4.79 Å². The number of amides is 1. The Morgan fingerprint density at radius 1 is 1.30 bits per heavy atom. The van der Waals surface area contributed by atoms with E-state index in [1.54, 1.807) is 32.6 Å². The van der Waals surface area contributed by atoms with Crippen LogP contribution < -0.4 is 15.2 Å². The van der Waals surface area contributed by atoms with Crippen molar-refractivity contribution in [3.8, 4) is 22.8 Å². The number of rotatable bonds is 7. The first-order valence-electron chi connectivity index (χ1n) is 8.61. The van der Waals surface area contributed by atoms with Crippen molar-refractivity contribution in [1.82, 2.24) is 20.1 Å². The summed E-state index contributed by atoms with van der Waals surface area (Å²) in [5, 5.41) is 6.79. The first-order chi connectivity index (χ1) is 12.7. The van der Waals surface area contributed by atoms with Crippen LogP contribution in [0.2, 0.25) is 0 Å². The van der Waals surface area contributed by atoms with E-state index in [0.717, 1.165) is 0 Å². The smallest absolute Gasteiger partial charge is 0.410 e. The number of aromatic amines is 1. The summed E-state index contributed by atoms with van der Waals surface area (Å²) in [5.74, 6) is 1.45.